The molecule has 0 N–H and O–H groups in total. The SMILES string of the molecule is CC(C)(C)OC(=O)/C=C/c1cscn1. The lowest BCUT2D eigenvalue weighted by Gasteiger charge is -2.17. The molecule has 0 amide bonds. The molecule has 3 nitrogen and oxygen atoms in total. The van der Waals surface area contributed by atoms with Crippen molar-refractivity contribution >= 4 is 23.4 Å². The third-order valence-electron chi connectivity index (χ3n) is 1.25. The van der Waals surface area contributed by atoms with Crippen molar-refractivity contribution in [2.75, 3.05) is 0 Å². The number of nitrogens with zero attached hydrogens (tertiary/aromatic N) is 1. The van der Waals surface area contributed by atoms with Crippen molar-refractivity contribution in [1.29, 1.82) is 0 Å². The molecule has 0 spiro atoms. The summed E-state index contributed by atoms with van der Waals surface area (Å²) in [6, 6.07) is 0. The second-order valence-corrected chi connectivity index (χ2v) is 4.50. The van der Waals surface area contributed by atoms with Gasteiger partial charge in [-0.2, -0.15) is 0 Å². The summed E-state index contributed by atoms with van der Waals surface area (Å²) in [6.45, 7) is 5.50. The highest BCUT2D eigenvalue weighted by molar-refractivity contribution is 7.07. The van der Waals surface area contributed by atoms with E-state index < -0.39 is 5.60 Å². The number of ether oxygens (including phenoxy) is 1. The van der Waals surface area contributed by atoms with Crippen molar-refractivity contribution in [3.05, 3.63) is 22.7 Å². The highest BCUT2D eigenvalue weighted by atomic mass is 32.1. The second-order valence-electron chi connectivity index (χ2n) is 3.78. The fraction of sp³-hybridized carbons (Fsp3) is 0.400. The number of hydrogen-bond acceptors (Lipinski definition) is 4. The van der Waals surface area contributed by atoms with E-state index in [2.05, 4.69) is 4.98 Å². The van der Waals surface area contributed by atoms with Crippen LogP contribution in [-0.4, -0.2) is 16.6 Å². The fourth-order valence-corrected chi connectivity index (χ4v) is 1.32. The molecule has 0 aliphatic heterocycles. The molecule has 4 heteroatoms. The Morgan fingerprint density at radius 2 is 2.29 bits per heavy atom. The van der Waals surface area contributed by atoms with Crippen molar-refractivity contribution in [3.8, 4) is 0 Å². The lowest BCUT2D eigenvalue weighted by molar-refractivity contribution is -0.148. The van der Waals surface area contributed by atoms with Crippen LogP contribution in [0.1, 0.15) is 26.5 Å². The van der Waals surface area contributed by atoms with Gasteiger partial charge in [-0.05, 0) is 26.8 Å². The molecular formula is C10H13NO2S. The van der Waals surface area contributed by atoms with E-state index in [9.17, 15) is 4.79 Å². The summed E-state index contributed by atoms with van der Waals surface area (Å²) in [5, 5.41) is 1.86. The van der Waals surface area contributed by atoms with E-state index in [-0.39, 0.29) is 5.97 Å². The van der Waals surface area contributed by atoms with Gasteiger partial charge in [-0.25, -0.2) is 9.78 Å². The first-order valence-electron chi connectivity index (χ1n) is 4.26. The fourth-order valence-electron chi connectivity index (χ4n) is 0.793. The van der Waals surface area contributed by atoms with Gasteiger partial charge >= 0.3 is 5.97 Å². The zero-order valence-electron chi connectivity index (χ0n) is 8.48. The number of carbonyl (C=O) groups is 1. The van der Waals surface area contributed by atoms with Crippen LogP contribution in [0.2, 0.25) is 0 Å². The maximum absolute atomic E-state index is 11.2. The largest absolute Gasteiger partial charge is 0.457 e. The molecule has 0 saturated carbocycles. The van der Waals surface area contributed by atoms with E-state index in [1.165, 1.54) is 17.4 Å². The molecule has 0 radical (unpaired) electrons. The quantitative estimate of drug-likeness (QED) is 0.557. The maximum Gasteiger partial charge on any atom is 0.331 e. The molecule has 1 rings (SSSR count). The molecule has 14 heavy (non-hydrogen) atoms. The molecule has 0 aliphatic carbocycles. The molecule has 0 aliphatic rings. The molecular weight excluding hydrogens is 198 g/mol. The predicted octanol–water partition coefficient (Wildman–Crippen LogP) is 2.50. The minimum absolute atomic E-state index is 0.342. The minimum Gasteiger partial charge on any atom is -0.457 e. The van der Waals surface area contributed by atoms with Crippen molar-refractivity contribution in [2.24, 2.45) is 0 Å². The van der Waals surface area contributed by atoms with E-state index in [1.54, 1.807) is 11.6 Å². The van der Waals surface area contributed by atoms with Gasteiger partial charge in [0, 0.05) is 11.5 Å². The van der Waals surface area contributed by atoms with Gasteiger partial charge in [0.15, 0.2) is 0 Å². The van der Waals surface area contributed by atoms with E-state index >= 15 is 0 Å². The molecule has 0 unspecified atom stereocenters. The summed E-state index contributed by atoms with van der Waals surface area (Å²) in [7, 11) is 0. The molecule has 1 aromatic rings. The second kappa shape index (κ2) is 4.37. The van der Waals surface area contributed by atoms with Gasteiger partial charge in [-0.1, -0.05) is 0 Å². The van der Waals surface area contributed by atoms with Crippen molar-refractivity contribution in [3.63, 3.8) is 0 Å². The molecule has 0 fully saturated rings. The highest BCUT2D eigenvalue weighted by Crippen LogP contribution is 2.08. The lowest BCUT2D eigenvalue weighted by atomic mass is 10.2. The minimum atomic E-state index is -0.441. The Labute approximate surface area is 87.4 Å². The lowest BCUT2D eigenvalue weighted by Crippen LogP contribution is -2.22. The summed E-state index contributed by atoms with van der Waals surface area (Å²) >= 11 is 1.49. The molecule has 0 aromatic carbocycles. The Kier molecular flexibility index (Phi) is 3.41. The van der Waals surface area contributed by atoms with Gasteiger partial charge < -0.3 is 4.74 Å². The van der Waals surface area contributed by atoms with Gasteiger partial charge in [0.1, 0.15) is 5.60 Å². The Hall–Kier alpha value is -1.16. The van der Waals surface area contributed by atoms with Crippen LogP contribution in [-0.2, 0) is 9.53 Å². The Morgan fingerprint density at radius 1 is 1.57 bits per heavy atom. The molecule has 0 saturated heterocycles. The van der Waals surface area contributed by atoms with Gasteiger partial charge in [-0.3, -0.25) is 0 Å². The maximum atomic E-state index is 11.2. The van der Waals surface area contributed by atoms with Crippen LogP contribution in [0.3, 0.4) is 0 Å². The first-order chi connectivity index (χ1) is 6.47. The van der Waals surface area contributed by atoms with Crippen LogP contribution in [0.4, 0.5) is 0 Å². The zero-order valence-corrected chi connectivity index (χ0v) is 9.30. The van der Waals surface area contributed by atoms with Gasteiger partial charge in [0.2, 0.25) is 0 Å². The van der Waals surface area contributed by atoms with Crippen LogP contribution >= 0.6 is 11.3 Å². The third kappa shape index (κ3) is 4.18. The van der Waals surface area contributed by atoms with Crippen LogP contribution < -0.4 is 0 Å². The number of carbonyl (C=O) groups excluding carboxylic acids is 1. The number of thiazole rings is 1. The van der Waals surface area contributed by atoms with E-state index in [0.717, 1.165) is 5.69 Å². The van der Waals surface area contributed by atoms with E-state index in [1.807, 2.05) is 26.2 Å². The average molecular weight is 211 g/mol. The van der Waals surface area contributed by atoms with Crippen LogP contribution in [0.5, 0.6) is 0 Å². The molecule has 76 valence electrons. The van der Waals surface area contributed by atoms with Gasteiger partial charge in [-0.15, -0.1) is 11.3 Å². The van der Waals surface area contributed by atoms with E-state index in [0.29, 0.717) is 0 Å². The Morgan fingerprint density at radius 3 is 2.79 bits per heavy atom. The Bertz CT molecular complexity index is 322. The van der Waals surface area contributed by atoms with Crippen LogP contribution in [0.25, 0.3) is 6.08 Å². The standard InChI is InChI=1S/C10H13NO2S/c1-10(2,3)13-9(12)5-4-8-6-14-7-11-8/h4-7H,1-3H3/b5-4+. The average Bonchev–Trinajstić information content (AvgIpc) is 2.49. The Balaban J connectivity index is 2.49. The van der Waals surface area contributed by atoms with Crippen molar-refractivity contribution in [1.82, 2.24) is 4.98 Å². The summed E-state index contributed by atoms with van der Waals surface area (Å²) in [5.74, 6) is -0.342. The highest BCUT2D eigenvalue weighted by Gasteiger charge is 2.13. The first-order valence-corrected chi connectivity index (χ1v) is 5.21. The monoisotopic (exact) mass is 211 g/mol. The van der Waals surface area contributed by atoms with Crippen LogP contribution in [0, 0.1) is 0 Å². The number of hydrogen-bond donors (Lipinski definition) is 0. The third-order valence-corrected chi connectivity index (χ3v) is 1.85. The predicted molar refractivity (Wildman–Crippen MR) is 57.0 cm³/mol. The zero-order chi connectivity index (χ0) is 10.6. The van der Waals surface area contributed by atoms with Crippen molar-refractivity contribution in [2.45, 2.75) is 26.4 Å². The normalized spacial score (nSPS) is 11.9. The summed E-state index contributed by atoms with van der Waals surface area (Å²) in [5.41, 5.74) is 2.05. The molecule has 0 atom stereocenters. The number of aromatic nitrogens is 1. The molecule has 1 heterocycles. The first kappa shape index (κ1) is 10.9. The van der Waals surface area contributed by atoms with Gasteiger partial charge in [0.25, 0.3) is 0 Å². The van der Waals surface area contributed by atoms with Gasteiger partial charge in [0.05, 0.1) is 11.2 Å². The summed E-state index contributed by atoms with van der Waals surface area (Å²) < 4.78 is 5.09. The summed E-state index contributed by atoms with van der Waals surface area (Å²) in [6.07, 6.45) is 3.03. The van der Waals surface area contributed by atoms with Crippen molar-refractivity contribution < 1.29 is 9.53 Å². The summed E-state index contributed by atoms with van der Waals surface area (Å²) in [4.78, 5) is 15.2. The topological polar surface area (TPSA) is 39.2 Å². The van der Waals surface area contributed by atoms with E-state index in [4.69, 9.17) is 4.74 Å². The van der Waals surface area contributed by atoms with Crippen LogP contribution in [0.15, 0.2) is 17.0 Å². The number of rotatable bonds is 2. The number of esters is 1. The molecule has 1 aromatic heterocycles. The smallest absolute Gasteiger partial charge is 0.331 e. The molecule has 0 bridgehead atoms.